The predicted molar refractivity (Wildman–Crippen MR) is 114 cm³/mol. The van der Waals surface area contributed by atoms with Gasteiger partial charge < -0.3 is 10.1 Å². The third-order valence-corrected chi connectivity index (χ3v) is 7.41. The molecule has 1 aromatic carbocycles. The second kappa shape index (κ2) is 8.26. The first-order valence-electron chi connectivity index (χ1n) is 10.8. The van der Waals surface area contributed by atoms with Crippen molar-refractivity contribution in [2.45, 2.75) is 46.1 Å². The molecule has 3 amide bonds. The third-order valence-electron chi connectivity index (χ3n) is 7.00. The van der Waals surface area contributed by atoms with E-state index < -0.39 is 24.5 Å². The average Bonchev–Trinajstić information content (AvgIpc) is 3.40. The van der Waals surface area contributed by atoms with Gasteiger partial charge in [-0.25, -0.2) is 4.79 Å². The third kappa shape index (κ3) is 3.73. The van der Waals surface area contributed by atoms with Crippen molar-refractivity contribution in [1.82, 2.24) is 4.90 Å². The van der Waals surface area contributed by atoms with E-state index in [9.17, 15) is 19.2 Å². The summed E-state index contributed by atoms with van der Waals surface area (Å²) < 4.78 is 5.24. The molecule has 2 bridgehead atoms. The molecule has 0 unspecified atom stereocenters. The summed E-state index contributed by atoms with van der Waals surface area (Å²) in [4.78, 5) is 52.5. The molecule has 4 rings (SSSR count). The predicted octanol–water partition coefficient (Wildman–Crippen LogP) is 3.19. The van der Waals surface area contributed by atoms with Gasteiger partial charge in [-0.2, -0.15) is 0 Å². The monoisotopic (exact) mass is 446 g/mol. The number of hydrogen-bond donors (Lipinski definition) is 1. The zero-order chi connectivity index (χ0) is 22.4. The zero-order valence-corrected chi connectivity index (χ0v) is 18.6. The first-order valence-corrected chi connectivity index (χ1v) is 11.2. The van der Waals surface area contributed by atoms with Crippen LogP contribution >= 0.6 is 11.6 Å². The van der Waals surface area contributed by atoms with Crippen molar-refractivity contribution >= 4 is 41.0 Å². The number of nitrogens with zero attached hydrogens (tertiary/aromatic N) is 1. The van der Waals surface area contributed by atoms with Gasteiger partial charge in [-0.15, -0.1) is 0 Å². The lowest BCUT2D eigenvalue weighted by Gasteiger charge is -2.28. The lowest BCUT2D eigenvalue weighted by atomic mass is 9.81. The van der Waals surface area contributed by atoms with Gasteiger partial charge in [-0.3, -0.25) is 19.3 Å². The molecule has 0 radical (unpaired) electrons. The van der Waals surface area contributed by atoms with Crippen LogP contribution in [0.4, 0.5) is 5.69 Å². The topological polar surface area (TPSA) is 92.8 Å². The molecule has 7 nitrogen and oxygen atoms in total. The molecule has 1 aromatic rings. The quantitative estimate of drug-likeness (QED) is 0.535. The molecular formula is C23H27ClN2O5. The van der Waals surface area contributed by atoms with Crippen molar-refractivity contribution in [2.75, 3.05) is 11.9 Å². The number of ether oxygens (including phenoxy) is 1. The highest BCUT2D eigenvalue weighted by Gasteiger charge is 2.62. The fourth-order valence-electron chi connectivity index (χ4n) is 5.53. The van der Waals surface area contributed by atoms with Crippen molar-refractivity contribution in [3.05, 3.63) is 28.8 Å². The standard InChI is InChI=1S/C23H27ClN2O5/c1-11(2)20(26-21(28)18-13-7-8-14(9-13)19(18)22(26)29)23(30)31-10-17(27)25-16-6-4-5-15(24)12(16)3/h4-6,11,13-14,18-20H,7-10H2,1-3H3,(H,25,27)/t13-,14-,18-,19-,20-/m0/s1. The van der Waals surface area contributed by atoms with Crippen molar-refractivity contribution in [2.24, 2.45) is 29.6 Å². The number of fused-ring (bicyclic) bond motifs is 5. The molecule has 3 fully saturated rings. The number of anilines is 1. The van der Waals surface area contributed by atoms with Crippen LogP contribution in [0.15, 0.2) is 18.2 Å². The summed E-state index contributed by atoms with van der Waals surface area (Å²) >= 11 is 6.06. The first-order chi connectivity index (χ1) is 14.7. The number of likely N-dealkylation sites (tertiary alicyclic amines) is 1. The van der Waals surface area contributed by atoms with E-state index >= 15 is 0 Å². The van der Waals surface area contributed by atoms with Crippen LogP contribution in [0.2, 0.25) is 5.02 Å². The molecule has 1 aliphatic heterocycles. The number of rotatable bonds is 6. The van der Waals surface area contributed by atoms with Crippen LogP contribution < -0.4 is 5.32 Å². The van der Waals surface area contributed by atoms with Gasteiger partial charge in [0.1, 0.15) is 6.04 Å². The Morgan fingerprint density at radius 2 is 1.77 bits per heavy atom. The van der Waals surface area contributed by atoms with Gasteiger partial charge in [-0.1, -0.05) is 31.5 Å². The van der Waals surface area contributed by atoms with Crippen LogP contribution in [0.1, 0.15) is 38.7 Å². The summed E-state index contributed by atoms with van der Waals surface area (Å²) in [5.41, 5.74) is 1.24. The highest BCUT2D eigenvalue weighted by atomic mass is 35.5. The SMILES string of the molecule is Cc1c(Cl)cccc1NC(=O)COC(=O)[C@H](C(C)C)N1C(=O)[C@H]2[C@H]3CC[C@@H](C3)[C@@H]2C1=O. The highest BCUT2D eigenvalue weighted by molar-refractivity contribution is 6.31. The molecule has 2 aliphatic carbocycles. The molecule has 31 heavy (non-hydrogen) atoms. The summed E-state index contributed by atoms with van der Waals surface area (Å²) in [6.07, 6.45) is 2.87. The fraction of sp³-hybridized carbons (Fsp3) is 0.565. The summed E-state index contributed by atoms with van der Waals surface area (Å²) in [6, 6.07) is 4.10. The summed E-state index contributed by atoms with van der Waals surface area (Å²) in [7, 11) is 0. The van der Waals surface area contributed by atoms with Gasteiger partial charge in [0, 0.05) is 10.7 Å². The Kier molecular flexibility index (Phi) is 5.81. The van der Waals surface area contributed by atoms with Crippen molar-refractivity contribution in [3.8, 4) is 0 Å². The van der Waals surface area contributed by atoms with E-state index in [0.717, 1.165) is 24.2 Å². The number of hydrogen-bond acceptors (Lipinski definition) is 5. The van der Waals surface area contributed by atoms with Gasteiger partial charge in [-0.05, 0) is 61.6 Å². The van der Waals surface area contributed by atoms with Gasteiger partial charge >= 0.3 is 5.97 Å². The zero-order valence-electron chi connectivity index (χ0n) is 17.9. The number of carbonyl (C=O) groups is 4. The van der Waals surface area contributed by atoms with Crippen molar-refractivity contribution in [3.63, 3.8) is 0 Å². The molecule has 0 spiro atoms. The van der Waals surface area contributed by atoms with E-state index in [-0.39, 0.29) is 41.4 Å². The maximum Gasteiger partial charge on any atom is 0.330 e. The molecule has 3 aliphatic rings. The number of amides is 3. The number of nitrogens with one attached hydrogen (secondary N) is 1. The van der Waals surface area contributed by atoms with Gasteiger partial charge in [0.05, 0.1) is 11.8 Å². The number of carbonyl (C=O) groups excluding carboxylic acids is 4. The smallest absolute Gasteiger partial charge is 0.330 e. The largest absolute Gasteiger partial charge is 0.454 e. The van der Waals surface area contributed by atoms with Gasteiger partial charge in [0.2, 0.25) is 11.8 Å². The van der Waals surface area contributed by atoms with E-state index in [4.69, 9.17) is 16.3 Å². The Morgan fingerprint density at radius 1 is 1.16 bits per heavy atom. The molecular weight excluding hydrogens is 420 g/mol. The average molecular weight is 447 g/mol. The van der Waals surface area contributed by atoms with Gasteiger partial charge in [0.15, 0.2) is 6.61 Å². The maximum absolute atomic E-state index is 13.1. The number of imide groups is 1. The van der Waals surface area contributed by atoms with Crippen LogP contribution in [0, 0.1) is 36.5 Å². The number of halogens is 1. The number of esters is 1. The maximum atomic E-state index is 13.1. The van der Waals surface area contributed by atoms with E-state index in [1.54, 1.807) is 39.0 Å². The molecule has 1 heterocycles. The Labute approximate surface area is 186 Å². The normalized spacial score (nSPS) is 27.6. The second-order valence-electron chi connectivity index (χ2n) is 9.19. The van der Waals surface area contributed by atoms with Crippen LogP contribution in [0.5, 0.6) is 0 Å². The van der Waals surface area contributed by atoms with E-state index in [2.05, 4.69) is 5.32 Å². The summed E-state index contributed by atoms with van der Waals surface area (Å²) in [5, 5.41) is 3.18. The van der Waals surface area contributed by atoms with Gasteiger partial charge in [0.25, 0.3) is 5.91 Å². The van der Waals surface area contributed by atoms with E-state index in [0.29, 0.717) is 16.3 Å². The van der Waals surface area contributed by atoms with Crippen molar-refractivity contribution in [1.29, 1.82) is 0 Å². The second-order valence-corrected chi connectivity index (χ2v) is 9.60. The fourth-order valence-corrected chi connectivity index (χ4v) is 5.71. The Morgan fingerprint density at radius 3 is 2.35 bits per heavy atom. The van der Waals surface area contributed by atoms with Crippen molar-refractivity contribution < 1.29 is 23.9 Å². The van der Waals surface area contributed by atoms with E-state index in [1.807, 2.05) is 0 Å². The summed E-state index contributed by atoms with van der Waals surface area (Å²) in [5.74, 6) is -2.19. The highest BCUT2D eigenvalue weighted by Crippen LogP contribution is 2.56. The molecule has 1 N–H and O–H groups in total. The molecule has 8 heteroatoms. The Bertz CT molecular complexity index is 918. The lowest BCUT2D eigenvalue weighted by molar-refractivity contribution is -0.162. The molecule has 1 saturated heterocycles. The molecule has 0 aromatic heterocycles. The molecule has 5 atom stereocenters. The Hall–Kier alpha value is -2.41. The minimum atomic E-state index is -1.02. The first kappa shape index (κ1) is 21.8. The van der Waals surface area contributed by atoms with Crippen LogP contribution in [0.25, 0.3) is 0 Å². The Balaban J connectivity index is 1.42. The van der Waals surface area contributed by atoms with E-state index in [1.165, 1.54) is 0 Å². The lowest BCUT2D eigenvalue weighted by Crippen LogP contribution is -2.50. The minimum Gasteiger partial charge on any atom is -0.454 e. The number of benzene rings is 1. The summed E-state index contributed by atoms with van der Waals surface area (Å²) in [6.45, 7) is 4.80. The molecule has 2 saturated carbocycles. The molecule has 166 valence electrons. The van der Waals surface area contributed by atoms with Crippen LogP contribution in [-0.2, 0) is 23.9 Å². The minimum absolute atomic E-state index is 0.243. The van der Waals surface area contributed by atoms with Crippen LogP contribution in [-0.4, -0.2) is 41.2 Å². The van der Waals surface area contributed by atoms with Crippen LogP contribution in [0.3, 0.4) is 0 Å².